The molecule has 0 aliphatic heterocycles. The third kappa shape index (κ3) is 7.27. The molecule has 0 bridgehead atoms. The van der Waals surface area contributed by atoms with Gasteiger partial charge in [-0.1, -0.05) is 23.8 Å². The minimum Gasteiger partial charge on any atom is -0.367 e. The minimum absolute atomic E-state index is 0.0666. The number of nitrogens with zero attached hydrogens (tertiary/aromatic N) is 2. The number of hydrazone groups is 1. The molecule has 0 spiro atoms. The number of benzene rings is 2. The second kappa shape index (κ2) is 9.38. The van der Waals surface area contributed by atoms with Crippen LogP contribution in [-0.2, 0) is 10.1 Å². The average Bonchev–Trinajstić information content (AvgIpc) is 2.55. The molecule has 0 fully saturated rings. The van der Waals surface area contributed by atoms with Crippen LogP contribution in [0.5, 0.6) is 0 Å². The maximum absolute atomic E-state index is 12.8. The SMILES string of the molecule is Cc1ccc(S(=O)(=O)O)cc1.N=C(N)N(O)/N=C/c1ccc(F)c(Br)c1. The lowest BCUT2D eigenvalue weighted by molar-refractivity contribution is -0.0139. The van der Waals surface area contributed by atoms with Crippen LogP contribution < -0.4 is 5.73 Å². The summed E-state index contributed by atoms with van der Waals surface area (Å²) in [5.41, 5.74) is 6.45. The van der Waals surface area contributed by atoms with Crippen molar-refractivity contribution >= 4 is 38.2 Å². The van der Waals surface area contributed by atoms with E-state index in [1.54, 1.807) is 12.1 Å². The Labute approximate surface area is 158 Å². The lowest BCUT2D eigenvalue weighted by Crippen LogP contribution is -2.28. The van der Waals surface area contributed by atoms with Crippen LogP contribution in [0.15, 0.2) is 56.9 Å². The average molecular weight is 447 g/mol. The first-order valence-electron chi connectivity index (χ1n) is 6.87. The Kier molecular flexibility index (Phi) is 7.83. The van der Waals surface area contributed by atoms with Gasteiger partial charge in [-0.05, 0) is 52.7 Å². The van der Waals surface area contributed by atoms with Crippen LogP contribution in [0.4, 0.5) is 4.39 Å². The van der Waals surface area contributed by atoms with Gasteiger partial charge in [-0.3, -0.25) is 15.2 Å². The zero-order valence-corrected chi connectivity index (χ0v) is 15.9. The van der Waals surface area contributed by atoms with E-state index in [4.69, 9.17) is 20.9 Å². The largest absolute Gasteiger partial charge is 0.367 e. The molecule has 2 rings (SSSR count). The standard InChI is InChI=1S/C8H8BrFN4O.C7H8O3S/c9-6-3-5(1-2-7(6)10)4-13-14(15)8(11)12;1-6-2-4-7(5-3-6)11(8,9)10/h1-4,15H,(H3,11,12);2-5H,1H3,(H,8,9,10)/b13-4+;. The highest BCUT2D eigenvalue weighted by atomic mass is 79.9. The smallest absolute Gasteiger partial charge is 0.294 e. The molecule has 0 saturated heterocycles. The van der Waals surface area contributed by atoms with Gasteiger partial charge in [0, 0.05) is 0 Å². The van der Waals surface area contributed by atoms with Crippen LogP contribution in [0.2, 0.25) is 0 Å². The molecule has 0 aliphatic rings. The molecule has 11 heteroatoms. The van der Waals surface area contributed by atoms with Gasteiger partial charge in [-0.15, -0.1) is 5.17 Å². The normalized spacial score (nSPS) is 11.0. The first kappa shape index (κ1) is 21.7. The maximum Gasteiger partial charge on any atom is 0.294 e. The van der Waals surface area contributed by atoms with Gasteiger partial charge in [-0.25, -0.2) is 4.39 Å². The van der Waals surface area contributed by atoms with E-state index in [9.17, 15) is 12.8 Å². The summed E-state index contributed by atoms with van der Waals surface area (Å²) >= 11 is 3.00. The van der Waals surface area contributed by atoms with Crippen molar-refractivity contribution in [2.75, 3.05) is 0 Å². The molecule has 26 heavy (non-hydrogen) atoms. The number of nitrogens with one attached hydrogen (secondary N) is 1. The summed E-state index contributed by atoms with van der Waals surface area (Å²) in [6.07, 6.45) is 1.24. The number of aryl methyl sites for hydroxylation is 1. The molecule has 5 N–H and O–H groups in total. The molecule has 0 aromatic heterocycles. The summed E-state index contributed by atoms with van der Waals surface area (Å²) in [6, 6.07) is 10.2. The van der Waals surface area contributed by atoms with E-state index in [1.165, 1.54) is 36.5 Å². The van der Waals surface area contributed by atoms with Gasteiger partial charge in [0.1, 0.15) is 5.82 Å². The highest BCUT2D eigenvalue weighted by Gasteiger charge is 2.06. The fourth-order valence-corrected chi connectivity index (χ4v) is 2.36. The van der Waals surface area contributed by atoms with E-state index >= 15 is 0 Å². The minimum atomic E-state index is -4.02. The lowest BCUT2D eigenvalue weighted by Gasteiger charge is -2.05. The Balaban J connectivity index is 0.000000273. The molecule has 0 saturated carbocycles. The van der Waals surface area contributed by atoms with Crippen molar-refractivity contribution in [1.82, 2.24) is 5.17 Å². The van der Waals surface area contributed by atoms with Crippen molar-refractivity contribution in [3.8, 4) is 0 Å². The topological polar surface area (TPSA) is 140 Å². The molecule has 140 valence electrons. The molecule has 2 aromatic carbocycles. The molecular formula is C15H16BrFN4O4S. The Hall–Kier alpha value is -2.34. The lowest BCUT2D eigenvalue weighted by atomic mass is 10.2. The van der Waals surface area contributed by atoms with E-state index in [0.717, 1.165) is 5.56 Å². The molecule has 0 aliphatic carbocycles. The number of hydroxylamine groups is 1. The molecule has 0 amide bonds. The van der Waals surface area contributed by atoms with E-state index in [0.29, 0.717) is 10.0 Å². The maximum atomic E-state index is 12.8. The van der Waals surface area contributed by atoms with Crippen molar-refractivity contribution in [3.05, 3.63) is 63.9 Å². The van der Waals surface area contributed by atoms with Gasteiger partial charge >= 0.3 is 0 Å². The Bertz CT molecular complexity index is 904. The quantitative estimate of drug-likeness (QED) is 0.247. The van der Waals surface area contributed by atoms with Crippen LogP contribution in [0.25, 0.3) is 0 Å². The highest BCUT2D eigenvalue weighted by molar-refractivity contribution is 9.10. The van der Waals surface area contributed by atoms with Crippen molar-refractivity contribution in [3.63, 3.8) is 0 Å². The summed E-state index contributed by atoms with van der Waals surface area (Å²) in [7, 11) is -4.02. The third-order valence-electron chi connectivity index (χ3n) is 2.79. The third-order valence-corrected chi connectivity index (χ3v) is 4.27. The predicted molar refractivity (Wildman–Crippen MR) is 98.2 cm³/mol. The molecule has 0 heterocycles. The van der Waals surface area contributed by atoms with Crippen LogP contribution in [-0.4, -0.2) is 35.5 Å². The molecule has 0 unspecified atom stereocenters. The fourth-order valence-electron chi connectivity index (χ4n) is 1.49. The first-order valence-corrected chi connectivity index (χ1v) is 9.10. The molecule has 0 radical (unpaired) electrons. The second-order valence-electron chi connectivity index (χ2n) is 4.88. The summed E-state index contributed by atoms with van der Waals surface area (Å²) < 4.78 is 42.7. The molecular weight excluding hydrogens is 431 g/mol. The second-order valence-corrected chi connectivity index (χ2v) is 7.16. The zero-order valence-electron chi connectivity index (χ0n) is 13.5. The number of hydrogen-bond donors (Lipinski definition) is 4. The van der Waals surface area contributed by atoms with Gasteiger partial charge in [0.25, 0.3) is 10.1 Å². The summed E-state index contributed by atoms with van der Waals surface area (Å²) in [4.78, 5) is -0.0666. The molecule has 2 aromatic rings. The monoisotopic (exact) mass is 446 g/mol. The van der Waals surface area contributed by atoms with Crippen LogP contribution in [0.1, 0.15) is 11.1 Å². The zero-order chi connectivity index (χ0) is 19.9. The van der Waals surface area contributed by atoms with Crippen molar-refractivity contribution in [2.24, 2.45) is 10.8 Å². The Morgan fingerprint density at radius 3 is 2.35 bits per heavy atom. The van der Waals surface area contributed by atoms with E-state index in [-0.39, 0.29) is 15.9 Å². The summed E-state index contributed by atoms with van der Waals surface area (Å²) in [5.74, 6) is -0.994. The number of halogens is 2. The van der Waals surface area contributed by atoms with Gasteiger partial charge in [-0.2, -0.15) is 13.5 Å². The van der Waals surface area contributed by atoms with Gasteiger partial charge < -0.3 is 5.73 Å². The van der Waals surface area contributed by atoms with Crippen molar-refractivity contribution in [2.45, 2.75) is 11.8 Å². The van der Waals surface area contributed by atoms with Gasteiger partial charge in [0.05, 0.1) is 15.6 Å². The van der Waals surface area contributed by atoms with E-state index in [1.807, 2.05) is 6.92 Å². The number of nitrogens with two attached hydrogens (primary N) is 1. The van der Waals surface area contributed by atoms with Crippen LogP contribution >= 0.6 is 15.9 Å². The van der Waals surface area contributed by atoms with Crippen molar-refractivity contribution < 1.29 is 22.6 Å². The van der Waals surface area contributed by atoms with E-state index < -0.39 is 16.1 Å². The molecule has 8 nitrogen and oxygen atoms in total. The highest BCUT2D eigenvalue weighted by Crippen LogP contribution is 2.15. The first-order chi connectivity index (χ1) is 12.0. The number of guanidine groups is 1. The predicted octanol–water partition coefficient (Wildman–Crippen LogP) is 2.75. The Morgan fingerprint density at radius 1 is 1.31 bits per heavy atom. The fraction of sp³-hybridized carbons (Fsp3) is 0.0667. The van der Waals surface area contributed by atoms with E-state index in [2.05, 4.69) is 21.0 Å². The van der Waals surface area contributed by atoms with Gasteiger partial charge in [0.15, 0.2) is 0 Å². The van der Waals surface area contributed by atoms with Crippen LogP contribution in [0.3, 0.4) is 0 Å². The summed E-state index contributed by atoms with van der Waals surface area (Å²) in [6.45, 7) is 1.84. The summed E-state index contributed by atoms with van der Waals surface area (Å²) in [5, 5.41) is 19.4. The number of hydrogen-bond acceptors (Lipinski definition) is 5. The Morgan fingerprint density at radius 2 is 1.88 bits per heavy atom. The number of rotatable bonds is 3. The molecule has 0 atom stereocenters. The van der Waals surface area contributed by atoms with Crippen molar-refractivity contribution in [1.29, 1.82) is 5.41 Å². The van der Waals surface area contributed by atoms with Crippen LogP contribution in [0, 0.1) is 18.2 Å². The van der Waals surface area contributed by atoms with Gasteiger partial charge in [0.2, 0.25) is 5.96 Å².